The number of nitrogens with zero attached hydrogens (tertiary/aromatic N) is 2. The lowest BCUT2D eigenvalue weighted by molar-refractivity contribution is -0.137. The summed E-state index contributed by atoms with van der Waals surface area (Å²) in [6, 6.07) is 12.7. The number of benzene rings is 2. The number of sulfone groups is 1. The smallest absolute Gasteiger partial charge is 0.325 e. The Morgan fingerprint density at radius 2 is 1.78 bits per heavy atom. The van der Waals surface area contributed by atoms with Crippen molar-refractivity contribution in [2.45, 2.75) is 23.3 Å². The Bertz CT molecular complexity index is 1130. The summed E-state index contributed by atoms with van der Waals surface area (Å²) in [5, 5.41) is 13.7. The third-order valence-electron chi connectivity index (χ3n) is 3.95. The molecule has 9 heteroatoms. The minimum Gasteiger partial charge on any atom is -0.480 e. The van der Waals surface area contributed by atoms with Gasteiger partial charge in [0.05, 0.1) is 20.6 Å². The van der Waals surface area contributed by atoms with Gasteiger partial charge >= 0.3 is 5.97 Å². The third kappa shape index (κ3) is 3.71. The number of aromatic nitrogens is 2. The van der Waals surface area contributed by atoms with Gasteiger partial charge in [-0.1, -0.05) is 53.5 Å². The normalized spacial score (nSPS) is 11.5. The molecule has 3 aromatic rings. The number of aliphatic carboxylic acids is 1. The van der Waals surface area contributed by atoms with Crippen LogP contribution < -0.4 is 0 Å². The lowest BCUT2D eigenvalue weighted by Crippen LogP contribution is -2.12. The van der Waals surface area contributed by atoms with Gasteiger partial charge in [-0.15, -0.1) is 0 Å². The van der Waals surface area contributed by atoms with E-state index >= 15 is 0 Å². The van der Waals surface area contributed by atoms with Crippen LogP contribution in [0, 0.1) is 6.92 Å². The number of hydrogen-bond donors (Lipinski definition) is 1. The van der Waals surface area contributed by atoms with Gasteiger partial charge in [0.15, 0.2) is 0 Å². The van der Waals surface area contributed by atoms with Gasteiger partial charge in [0.25, 0.3) is 0 Å². The average Bonchev–Trinajstić information content (AvgIpc) is 2.94. The minimum atomic E-state index is -4.02. The highest BCUT2D eigenvalue weighted by Gasteiger charge is 2.30. The minimum absolute atomic E-state index is 0.0490. The zero-order chi connectivity index (χ0) is 19.8. The second-order valence-electron chi connectivity index (χ2n) is 5.76. The van der Waals surface area contributed by atoms with E-state index in [9.17, 15) is 13.2 Å². The predicted molar refractivity (Wildman–Crippen MR) is 102 cm³/mol. The molecule has 0 aliphatic carbocycles. The molecule has 1 heterocycles. The third-order valence-corrected chi connectivity index (χ3v) is 6.59. The molecule has 1 N–H and O–H groups in total. The molecular formula is C18H14Cl2N2O4S. The molecule has 0 saturated carbocycles. The number of halogens is 2. The van der Waals surface area contributed by atoms with Crippen LogP contribution in [0.3, 0.4) is 0 Å². The molecule has 6 nitrogen and oxygen atoms in total. The molecule has 0 spiro atoms. The second kappa shape index (κ2) is 7.34. The molecule has 0 aliphatic heterocycles. The average molecular weight is 425 g/mol. The van der Waals surface area contributed by atoms with Crippen LogP contribution >= 0.6 is 23.2 Å². The van der Waals surface area contributed by atoms with E-state index < -0.39 is 22.4 Å². The Labute approximate surface area is 165 Å². The molecule has 0 saturated heterocycles. The predicted octanol–water partition coefficient (Wildman–Crippen LogP) is 4.08. The summed E-state index contributed by atoms with van der Waals surface area (Å²) >= 11 is 11.9. The van der Waals surface area contributed by atoms with E-state index in [0.717, 1.165) is 4.68 Å². The van der Waals surface area contributed by atoms with Crippen LogP contribution in [-0.2, 0) is 21.2 Å². The maximum Gasteiger partial charge on any atom is 0.325 e. The quantitative estimate of drug-likeness (QED) is 0.666. The molecule has 0 unspecified atom stereocenters. The summed E-state index contributed by atoms with van der Waals surface area (Å²) in [6.07, 6.45) is 0. The highest BCUT2D eigenvalue weighted by molar-refractivity contribution is 7.91. The number of carboxylic acid groups (broad SMARTS) is 1. The summed E-state index contributed by atoms with van der Waals surface area (Å²) in [6.45, 7) is 1.06. The van der Waals surface area contributed by atoms with Crippen LogP contribution in [0.2, 0.25) is 10.0 Å². The van der Waals surface area contributed by atoms with Gasteiger partial charge in [0.1, 0.15) is 17.1 Å². The fourth-order valence-corrected chi connectivity index (χ4v) is 4.71. The number of hydrogen-bond acceptors (Lipinski definition) is 4. The largest absolute Gasteiger partial charge is 0.480 e. The Morgan fingerprint density at radius 3 is 2.37 bits per heavy atom. The Kier molecular flexibility index (Phi) is 5.28. The second-order valence-corrected chi connectivity index (χ2v) is 8.46. The molecule has 0 atom stereocenters. The Morgan fingerprint density at radius 1 is 1.11 bits per heavy atom. The van der Waals surface area contributed by atoms with Crippen LogP contribution in [0.1, 0.15) is 5.69 Å². The zero-order valence-corrected chi connectivity index (χ0v) is 16.4. The van der Waals surface area contributed by atoms with Crippen molar-refractivity contribution in [1.29, 1.82) is 0 Å². The lowest BCUT2D eigenvalue weighted by Gasteiger charge is -2.08. The van der Waals surface area contributed by atoms with E-state index in [2.05, 4.69) is 5.10 Å². The molecule has 0 aliphatic rings. The fraction of sp³-hybridized carbons (Fsp3) is 0.111. The van der Waals surface area contributed by atoms with E-state index in [1.807, 2.05) is 0 Å². The summed E-state index contributed by atoms with van der Waals surface area (Å²) in [5.74, 6) is -1.13. The van der Waals surface area contributed by atoms with Crippen LogP contribution in [0.4, 0.5) is 0 Å². The van der Waals surface area contributed by atoms with Crippen LogP contribution in [0.15, 0.2) is 58.3 Å². The van der Waals surface area contributed by atoms with E-state index in [1.165, 1.54) is 25.1 Å². The molecule has 2 aromatic carbocycles. The van der Waals surface area contributed by atoms with Crippen molar-refractivity contribution in [2.24, 2.45) is 0 Å². The van der Waals surface area contributed by atoms with E-state index in [4.69, 9.17) is 28.3 Å². The van der Waals surface area contributed by atoms with E-state index in [-0.39, 0.29) is 31.2 Å². The molecule has 0 fully saturated rings. The first-order chi connectivity index (χ1) is 12.7. The van der Waals surface area contributed by atoms with E-state index in [0.29, 0.717) is 5.56 Å². The fourth-order valence-electron chi connectivity index (χ4n) is 2.68. The summed E-state index contributed by atoms with van der Waals surface area (Å²) in [4.78, 5) is 11.0. The molecular weight excluding hydrogens is 411 g/mol. The van der Waals surface area contributed by atoms with Crippen LogP contribution in [0.5, 0.6) is 0 Å². The molecule has 0 radical (unpaired) electrons. The van der Waals surface area contributed by atoms with Crippen LogP contribution in [-0.4, -0.2) is 29.3 Å². The first-order valence-electron chi connectivity index (χ1n) is 7.76. The summed E-state index contributed by atoms with van der Waals surface area (Å²) in [5.41, 5.74) is 0.964. The first-order valence-corrected chi connectivity index (χ1v) is 10.0. The summed E-state index contributed by atoms with van der Waals surface area (Å²) in [7, 11) is -4.02. The van der Waals surface area contributed by atoms with Crippen LogP contribution in [0.25, 0.3) is 11.3 Å². The van der Waals surface area contributed by atoms with Gasteiger partial charge in [-0.3, -0.25) is 9.48 Å². The van der Waals surface area contributed by atoms with Crippen molar-refractivity contribution in [1.82, 2.24) is 9.78 Å². The van der Waals surface area contributed by atoms with Gasteiger partial charge in [-0.25, -0.2) is 8.42 Å². The molecule has 27 heavy (non-hydrogen) atoms. The lowest BCUT2D eigenvalue weighted by atomic mass is 10.1. The zero-order valence-electron chi connectivity index (χ0n) is 14.1. The van der Waals surface area contributed by atoms with Gasteiger partial charge in [-0.05, 0) is 25.1 Å². The molecule has 1 aromatic heterocycles. The first kappa shape index (κ1) is 19.4. The Hall–Kier alpha value is -2.35. The topological polar surface area (TPSA) is 89.3 Å². The van der Waals surface area contributed by atoms with Crippen molar-refractivity contribution >= 4 is 39.0 Å². The van der Waals surface area contributed by atoms with Gasteiger partial charge < -0.3 is 5.11 Å². The monoisotopic (exact) mass is 424 g/mol. The Balaban J connectivity index is 2.28. The van der Waals surface area contributed by atoms with Gasteiger partial charge in [-0.2, -0.15) is 5.10 Å². The highest BCUT2D eigenvalue weighted by Crippen LogP contribution is 2.35. The number of rotatable bonds is 5. The van der Waals surface area contributed by atoms with Gasteiger partial charge in [0, 0.05) is 5.56 Å². The SMILES string of the molecule is Cc1c(S(=O)(=O)c2ccc(Cl)c(Cl)c2)c(-c2ccccc2)nn1CC(=O)O. The number of carbonyl (C=O) groups is 1. The van der Waals surface area contributed by atoms with Crippen molar-refractivity contribution in [3.63, 3.8) is 0 Å². The van der Waals surface area contributed by atoms with E-state index in [1.54, 1.807) is 30.3 Å². The highest BCUT2D eigenvalue weighted by atomic mass is 35.5. The molecule has 0 amide bonds. The van der Waals surface area contributed by atoms with Crippen molar-refractivity contribution in [2.75, 3.05) is 0 Å². The maximum atomic E-state index is 13.3. The van der Waals surface area contributed by atoms with Crippen molar-refractivity contribution in [3.8, 4) is 11.3 Å². The standard InChI is InChI=1S/C18H14Cl2N2O4S/c1-11-18(27(25,26)13-7-8-14(19)15(20)9-13)17(12-5-3-2-4-6-12)21-22(11)10-16(23)24/h2-9H,10H2,1H3,(H,23,24). The molecule has 140 valence electrons. The van der Waals surface area contributed by atoms with Crippen molar-refractivity contribution in [3.05, 3.63) is 64.3 Å². The molecule has 3 rings (SSSR count). The number of carboxylic acids is 1. The summed E-state index contributed by atoms with van der Waals surface area (Å²) < 4.78 is 27.8. The van der Waals surface area contributed by atoms with Gasteiger partial charge in [0.2, 0.25) is 9.84 Å². The molecule has 0 bridgehead atoms. The maximum absolute atomic E-state index is 13.3. The van der Waals surface area contributed by atoms with Crippen molar-refractivity contribution < 1.29 is 18.3 Å².